The minimum atomic E-state index is -0.852. The van der Waals surface area contributed by atoms with Gasteiger partial charge in [0, 0.05) is 45.1 Å². The van der Waals surface area contributed by atoms with Gasteiger partial charge >= 0.3 is 0 Å². The van der Waals surface area contributed by atoms with E-state index in [-0.39, 0.29) is 11.3 Å². The van der Waals surface area contributed by atoms with Crippen LogP contribution in [-0.2, 0) is 10.5 Å². The van der Waals surface area contributed by atoms with Gasteiger partial charge in [-0.2, -0.15) is 5.26 Å². The third kappa shape index (κ3) is 6.25. The molecule has 39 heavy (non-hydrogen) atoms. The van der Waals surface area contributed by atoms with E-state index in [1.165, 1.54) is 31.0 Å². The Kier molecular flexibility index (Phi) is 8.92. The highest BCUT2D eigenvalue weighted by molar-refractivity contribution is 8.13. The van der Waals surface area contributed by atoms with Crippen molar-refractivity contribution in [3.8, 4) is 11.8 Å². The Morgan fingerprint density at radius 3 is 2.64 bits per heavy atom. The molecule has 3 aromatic carbocycles. The number of nitriles is 1. The lowest BCUT2D eigenvalue weighted by molar-refractivity contribution is -0.384. The van der Waals surface area contributed by atoms with Crippen molar-refractivity contribution in [2.24, 2.45) is 10.9 Å². The number of ether oxygens (including phenoxy) is 1. The molecule has 0 saturated carbocycles. The number of allylic oxidation sites excluding steroid dienone is 1. The number of thioether (sulfide) groups is 1. The van der Waals surface area contributed by atoms with Gasteiger partial charge < -0.3 is 10.1 Å². The van der Waals surface area contributed by atoms with E-state index >= 15 is 0 Å². The minimum absolute atomic E-state index is 0.0206. The zero-order valence-corrected chi connectivity index (χ0v) is 23.2. The molecule has 2 unspecified atom stereocenters. The Morgan fingerprint density at radius 1 is 1.18 bits per heavy atom. The van der Waals surface area contributed by atoms with Crippen molar-refractivity contribution in [3.05, 3.63) is 109 Å². The number of carbonyl (C=O) groups excluding carboxylic acids is 1. The highest BCUT2D eigenvalue weighted by atomic mass is 35.5. The summed E-state index contributed by atoms with van der Waals surface area (Å²) in [5.74, 6) is -1.22. The lowest BCUT2D eigenvalue weighted by atomic mass is 9.78. The molecule has 0 saturated heterocycles. The van der Waals surface area contributed by atoms with Crippen LogP contribution in [0.1, 0.15) is 24.0 Å². The van der Waals surface area contributed by atoms with E-state index in [2.05, 4.69) is 16.4 Å². The molecule has 198 valence electrons. The van der Waals surface area contributed by atoms with Gasteiger partial charge in [-0.25, -0.2) is 4.99 Å². The summed E-state index contributed by atoms with van der Waals surface area (Å²) in [6.45, 7) is 1.70. The molecule has 0 radical (unpaired) electrons. The van der Waals surface area contributed by atoms with E-state index in [4.69, 9.17) is 27.9 Å². The van der Waals surface area contributed by atoms with E-state index in [9.17, 15) is 20.2 Å². The molecule has 0 spiro atoms. The summed E-state index contributed by atoms with van der Waals surface area (Å²) in [7, 11) is 1.51. The van der Waals surface area contributed by atoms with Crippen LogP contribution in [0.2, 0.25) is 10.0 Å². The van der Waals surface area contributed by atoms with Gasteiger partial charge in [-0.05, 0) is 42.3 Å². The zero-order valence-electron chi connectivity index (χ0n) is 20.9. The highest BCUT2D eigenvalue weighted by Gasteiger charge is 2.40. The Bertz CT molecular complexity index is 1550. The summed E-state index contributed by atoms with van der Waals surface area (Å²) in [6.07, 6.45) is 0. The molecule has 11 heteroatoms. The molecule has 1 N–H and O–H groups in total. The van der Waals surface area contributed by atoms with Gasteiger partial charge in [0.1, 0.15) is 11.7 Å². The average Bonchev–Trinajstić information content (AvgIpc) is 2.92. The molecule has 0 fully saturated rings. The van der Waals surface area contributed by atoms with Crippen LogP contribution in [-0.4, -0.2) is 23.0 Å². The molecule has 1 heterocycles. The predicted molar refractivity (Wildman–Crippen MR) is 154 cm³/mol. The number of nitro benzene ring substituents is 1. The molecule has 3 aromatic rings. The van der Waals surface area contributed by atoms with Crippen LogP contribution in [0.5, 0.6) is 5.75 Å². The molecule has 0 aliphatic carbocycles. The summed E-state index contributed by atoms with van der Waals surface area (Å²) in [5.41, 5.74) is 2.42. The van der Waals surface area contributed by atoms with Crippen molar-refractivity contribution >= 4 is 57.3 Å². The van der Waals surface area contributed by atoms with Gasteiger partial charge in [0.25, 0.3) is 11.6 Å². The van der Waals surface area contributed by atoms with E-state index in [1.54, 1.807) is 61.5 Å². The maximum absolute atomic E-state index is 13.7. The van der Waals surface area contributed by atoms with Crippen molar-refractivity contribution in [3.63, 3.8) is 0 Å². The molecule has 0 bridgehead atoms. The molecule has 1 amide bonds. The summed E-state index contributed by atoms with van der Waals surface area (Å²) >= 11 is 14.0. The first-order chi connectivity index (χ1) is 18.7. The molecular formula is C28H22Cl2N4O4S. The van der Waals surface area contributed by atoms with Gasteiger partial charge in [-0.1, -0.05) is 53.5 Å². The van der Waals surface area contributed by atoms with Crippen LogP contribution in [0.25, 0.3) is 0 Å². The first-order valence-corrected chi connectivity index (χ1v) is 13.4. The van der Waals surface area contributed by atoms with Crippen LogP contribution in [0.4, 0.5) is 11.4 Å². The number of rotatable bonds is 7. The summed E-state index contributed by atoms with van der Waals surface area (Å²) in [5, 5.41) is 25.6. The van der Waals surface area contributed by atoms with Crippen LogP contribution in [0, 0.1) is 27.4 Å². The molecule has 8 nitrogen and oxygen atoms in total. The number of anilines is 1. The summed E-state index contributed by atoms with van der Waals surface area (Å²) in [4.78, 5) is 29.1. The second-order valence-electron chi connectivity index (χ2n) is 8.57. The minimum Gasteiger partial charge on any atom is -0.495 e. The second-order valence-corrected chi connectivity index (χ2v) is 10.4. The van der Waals surface area contributed by atoms with Crippen LogP contribution < -0.4 is 10.1 Å². The molecule has 1 aliphatic heterocycles. The van der Waals surface area contributed by atoms with Crippen molar-refractivity contribution < 1.29 is 14.5 Å². The number of non-ortho nitro benzene ring substituents is 1. The Morgan fingerprint density at radius 2 is 1.95 bits per heavy atom. The van der Waals surface area contributed by atoms with Gasteiger partial charge in [-0.3, -0.25) is 14.9 Å². The number of para-hydroxylation sites is 2. The largest absolute Gasteiger partial charge is 0.495 e. The number of halogens is 2. The van der Waals surface area contributed by atoms with Crippen molar-refractivity contribution in [1.29, 1.82) is 5.26 Å². The fourth-order valence-corrected chi connectivity index (χ4v) is 5.92. The monoisotopic (exact) mass is 580 g/mol. The van der Waals surface area contributed by atoms with Gasteiger partial charge in [-0.15, -0.1) is 11.8 Å². The van der Waals surface area contributed by atoms with Gasteiger partial charge in [0.2, 0.25) is 0 Å². The number of benzene rings is 3. The molecule has 4 rings (SSSR count). The quantitative estimate of drug-likeness (QED) is 0.230. The lowest BCUT2D eigenvalue weighted by Crippen LogP contribution is -2.31. The number of nitrogens with zero attached hydrogens (tertiary/aromatic N) is 3. The normalized spacial score (nSPS) is 16.7. The van der Waals surface area contributed by atoms with Gasteiger partial charge in [0.05, 0.1) is 28.8 Å². The molecule has 2 atom stereocenters. The maximum atomic E-state index is 13.7. The number of methoxy groups -OCH3 is 1. The molecular weight excluding hydrogens is 559 g/mol. The number of nitro groups is 1. The standard InChI is InChI=1S/C28H22Cl2N4O4S/c1-16-25(27(35)33-23-8-3-4-9-24(23)38-2)26(20-11-10-18(29)13-22(20)30)21(14-31)28(32-16)39-15-17-6-5-7-19(12-17)34(36)37/h3-13,21,26H,15H2,1-2H3,(H,33,35). The van der Waals surface area contributed by atoms with Crippen LogP contribution >= 0.6 is 35.0 Å². The highest BCUT2D eigenvalue weighted by Crippen LogP contribution is 2.45. The van der Waals surface area contributed by atoms with Crippen LogP contribution in [0.3, 0.4) is 0 Å². The number of aliphatic imine (C=N–C) groups is 1. The van der Waals surface area contributed by atoms with Crippen molar-refractivity contribution in [1.82, 2.24) is 0 Å². The smallest absolute Gasteiger partial charge is 0.269 e. The molecule has 0 aromatic heterocycles. The number of hydrogen-bond donors (Lipinski definition) is 1. The van der Waals surface area contributed by atoms with E-state index in [0.717, 1.165) is 0 Å². The van der Waals surface area contributed by atoms with Crippen molar-refractivity contribution in [2.45, 2.75) is 18.6 Å². The van der Waals surface area contributed by atoms with Crippen LogP contribution in [0.15, 0.2) is 83.0 Å². The number of nitrogens with one attached hydrogen (secondary N) is 1. The summed E-state index contributed by atoms with van der Waals surface area (Å²) in [6, 6.07) is 20.5. The van der Waals surface area contributed by atoms with E-state index in [0.29, 0.717) is 49.1 Å². The van der Waals surface area contributed by atoms with Gasteiger partial charge in [0.15, 0.2) is 0 Å². The lowest BCUT2D eigenvalue weighted by Gasteiger charge is -2.31. The Balaban J connectivity index is 1.76. The molecule has 1 aliphatic rings. The average molecular weight is 581 g/mol. The first-order valence-electron chi connectivity index (χ1n) is 11.7. The SMILES string of the molecule is COc1ccccc1NC(=O)C1=C(C)N=C(SCc2cccc([N+](=O)[O-])c2)C(C#N)C1c1ccc(Cl)cc1Cl. The van der Waals surface area contributed by atoms with E-state index in [1.807, 2.05) is 0 Å². The second kappa shape index (κ2) is 12.3. The fourth-order valence-electron chi connectivity index (χ4n) is 4.33. The third-order valence-electron chi connectivity index (χ3n) is 6.12. The third-order valence-corrected chi connectivity index (χ3v) is 7.80. The Labute approximate surface area is 239 Å². The zero-order chi connectivity index (χ0) is 28.1. The number of amides is 1. The Hall–Kier alpha value is -3.84. The first kappa shape index (κ1) is 28.2. The van der Waals surface area contributed by atoms with E-state index < -0.39 is 22.7 Å². The maximum Gasteiger partial charge on any atom is 0.269 e. The predicted octanol–water partition coefficient (Wildman–Crippen LogP) is 7.39. The number of carbonyl (C=O) groups is 1. The number of hydrogen-bond acceptors (Lipinski definition) is 7. The fraction of sp³-hybridized carbons (Fsp3) is 0.179. The van der Waals surface area contributed by atoms with Crippen molar-refractivity contribution in [2.75, 3.05) is 12.4 Å². The topological polar surface area (TPSA) is 118 Å². The summed E-state index contributed by atoms with van der Waals surface area (Å²) < 4.78 is 5.37.